The summed E-state index contributed by atoms with van der Waals surface area (Å²) in [6, 6.07) is 28.1. The summed E-state index contributed by atoms with van der Waals surface area (Å²) in [7, 11) is -2.33. The van der Waals surface area contributed by atoms with Crippen molar-refractivity contribution in [2.75, 3.05) is 0 Å². The molecule has 0 aliphatic heterocycles. The van der Waals surface area contributed by atoms with E-state index in [2.05, 4.69) is 56.5 Å². The molecule has 0 amide bonds. The van der Waals surface area contributed by atoms with Crippen LogP contribution in [0.1, 0.15) is 72.9 Å². The number of aromatic nitrogens is 2. The van der Waals surface area contributed by atoms with Crippen LogP contribution in [0.5, 0.6) is 17.2 Å². The monoisotopic (exact) mass is 784 g/mol. The SMILES string of the molecule is Cc1cccc(C)c1O[PH+](Oc1[c-]c(-c2nccn2-c2c(C(C)C)cccc2C(C)C)ccc1)Oc1c(C)cccc1C.[Os+]. The molecular formula is C37H41N2O3OsP+. The molecule has 4 aromatic carbocycles. The van der Waals surface area contributed by atoms with Crippen molar-refractivity contribution >= 4 is 8.60 Å². The van der Waals surface area contributed by atoms with Gasteiger partial charge in [0.05, 0.1) is 5.82 Å². The van der Waals surface area contributed by atoms with Crippen molar-refractivity contribution in [1.82, 2.24) is 9.55 Å². The molecule has 5 nitrogen and oxygen atoms in total. The number of rotatable bonds is 10. The van der Waals surface area contributed by atoms with E-state index in [1.54, 1.807) is 0 Å². The van der Waals surface area contributed by atoms with Crippen molar-refractivity contribution in [3.8, 4) is 34.3 Å². The van der Waals surface area contributed by atoms with E-state index in [0.29, 0.717) is 17.6 Å². The van der Waals surface area contributed by atoms with Gasteiger partial charge >= 0.3 is 28.4 Å². The number of benzene rings is 4. The zero-order chi connectivity index (χ0) is 30.7. The molecule has 0 aliphatic carbocycles. The Morgan fingerprint density at radius 2 is 1.14 bits per heavy atom. The Labute approximate surface area is 276 Å². The maximum atomic E-state index is 6.52. The van der Waals surface area contributed by atoms with Crippen molar-refractivity contribution in [2.45, 2.75) is 67.2 Å². The molecule has 229 valence electrons. The van der Waals surface area contributed by atoms with Crippen LogP contribution in [0.15, 0.2) is 85.2 Å². The Morgan fingerprint density at radius 1 is 0.659 bits per heavy atom. The molecule has 1 heterocycles. The summed E-state index contributed by atoms with van der Waals surface area (Å²) in [5, 5.41) is 0. The molecule has 0 fully saturated rings. The van der Waals surface area contributed by atoms with E-state index in [0.717, 1.165) is 45.1 Å². The molecule has 0 spiro atoms. The maximum Gasteiger partial charge on any atom is 1.00 e. The molecule has 44 heavy (non-hydrogen) atoms. The molecule has 1 aromatic heterocycles. The van der Waals surface area contributed by atoms with E-state index in [9.17, 15) is 0 Å². The van der Waals surface area contributed by atoms with E-state index in [4.69, 9.17) is 18.6 Å². The minimum Gasteiger partial charge on any atom is -0.340 e. The van der Waals surface area contributed by atoms with Crippen molar-refractivity contribution in [2.24, 2.45) is 0 Å². The zero-order valence-corrected chi connectivity index (χ0v) is 30.3. The van der Waals surface area contributed by atoms with Gasteiger partial charge in [0, 0.05) is 18.1 Å². The molecule has 5 rings (SSSR count). The van der Waals surface area contributed by atoms with Crippen LogP contribution in [0.25, 0.3) is 17.1 Å². The Hall–Kier alpha value is -3.44. The van der Waals surface area contributed by atoms with Crippen molar-refractivity contribution in [1.29, 1.82) is 0 Å². The number of imidazole rings is 1. The Balaban J connectivity index is 0.00000442. The second-order valence-corrected chi connectivity index (χ2v) is 12.8. The zero-order valence-electron chi connectivity index (χ0n) is 26.7. The minimum absolute atomic E-state index is 0. The summed E-state index contributed by atoms with van der Waals surface area (Å²) in [5.41, 5.74) is 8.69. The molecule has 0 aliphatic rings. The normalized spacial score (nSPS) is 11.2. The van der Waals surface area contributed by atoms with Gasteiger partial charge in [-0.1, -0.05) is 94.4 Å². The van der Waals surface area contributed by atoms with Gasteiger partial charge in [0.25, 0.3) is 0 Å². The third-order valence-electron chi connectivity index (χ3n) is 7.61. The summed E-state index contributed by atoms with van der Waals surface area (Å²) in [6.07, 6.45) is 3.88. The predicted molar refractivity (Wildman–Crippen MR) is 178 cm³/mol. The smallest absolute Gasteiger partial charge is 0.340 e. The molecule has 0 unspecified atom stereocenters. The molecule has 1 radical (unpaired) electrons. The quantitative estimate of drug-likeness (QED) is 0.105. The third-order valence-corrected chi connectivity index (χ3v) is 8.74. The molecule has 5 aromatic rings. The Kier molecular flexibility index (Phi) is 11.1. The first-order valence-electron chi connectivity index (χ1n) is 14.9. The van der Waals surface area contributed by atoms with Gasteiger partial charge in [-0.2, -0.15) is 0 Å². The fourth-order valence-corrected chi connectivity index (χ4v) is 6.75. The van der Waals surface area contributed by atoms with Gasteiger partial charge in [-0.05, 0) is 72.9 Å². The third kappa shape index (κ3) is 7.26. The second kappa shape index (κ2) is 14.6. The summed E-state index contributed by atoms with van der Waals surface area (Å²) >= 11 is 0. The van der Waals surface area contributed by atoms with E-state index in [-0.39, 0.29) is 19.8 Å². The number of nitrogens with zero attached hydrogens (tertiary/aromatic N) is 2. The average Bonchev–Trinajstić information content (AvgIpc) is 3.46. The number of aryl methyl sites for hydroxylation is 4. The van der Waals surface area contributed by atoms with Crippen LogP contribution in [0, 0.1) is 33.8 Å². The van der Waals surface area contributed by atoms with Crippen molar-refractivity contribution < 1.29 is 33.4 Å². The van der Waals surface area contributed by atoms with Crippen LogP contribution in [0.4, 0.5) is 0 Å². The molecule has 0 saturated heterocycles. The summed E-state index contributed by atoms with van der Waals surface area (Å²) in [5.74, 6) is 3.62. The van der Waals surface area contributed by atoms with Crippen LogP contribution in [-0.2, 0) is 19.8 Å². The maximum absolute atomic E-state index is 6.52. The first-order chi connectivity index (χ1) is 20.6. The van der Waals surface area contributed by atoms with Gasteiger partial charge < -0.3 is 4.57 Å². The molecule has 7 heteroatoms. The molecule has 0 atom stereocenters. The molecular weight excluding hydrogens is 742 g/mol. The fraction of sp³-hybridized carbons (Fsp3) is 0.270. The fourth-order valence-electron chi connectivity index (χ4n) is 5.35. The van der Waals surface area contributed by atoms with Gasteiger partial charge in [-0.3, -0.25) is 18.6 Å². The predicted octanol–water partition coefficient (Wildman–Crippen LogP) is 10.3. The summed E-state index contributed by atoms with van der Waals surface area (Å²) < 4.78 is 21.7. The summed E-state index contributed by atoms with van der Waals surface area (Å²) in [6.45, 7) is 17.1. The first kappa shape index (κ1) is 33.4. The van der Waals surface area contributed by atoms with E-state index >= 15 is 0 Å². The number of hydrogen-bond donors (Lipinski definition) is 0. The topological polar surface area (TPSA) is 45.5 Å². The van der Waals surface area contributed by atoms with E-state index in [1.807, 2.05) is 94.7 Å². The molecule has 0 bridgehead atoms. The van der Waals surface area contributed by atoms with Crippen LogP contribution >= 0.6 is 8.60 Å². The van der Waals surface area contributed by atoms with Gasteiger partial charge in [0.15, 0.2) is 11.5 Å². The van der Waals surface area contributed by atoms with Gasteiger partial charge in [-0.15, -0.1) is 17.7 Å². The van der Waals surface area contributed by atoms with Crippen molar-refractivity contribution in [3.63, 3.8) is 0 Å². The summed E-state index contributed by atoms with van der Waals surface area (Å²) in [4.78, 5) is 4.79. The Bertz CT molecular complexity index is 1610. The van der Waals surface area contributed by atoms with E-state index < -0.39 is 8.60 Å². The second-order valence-electron chi connectivity index (χ2n) is 11.6. The largest absolute Gasteiger partial charge is 1.00 e. The molecule has 0 N–H and O–H groups in total. The van der Waals surface area contributed by atoms with Crippen LogP contribution in [0.3, 0.4) is 0 Å². The van der Waals surface area contributed by atoms with Crippen LogP contribution in [-0.4, -0.2) is 9.55 Å². The van der Waals surface area contributed by atoms with Crippen LogP contribution < -0.4 is 13.6 Å². The number of para-hydroxylation sites is 3. The van der Waals surface area contributed by atoms with Gasteiger partial charge in [0.1, 0.15) is 5.75 Å². The first-order valence-corrected chi connectivity index (χ1v) is 16.1. The van der Waals surface area contributed by atoms with Crippen molar-refractivity contribution in [3.05, 3.63) is 125 Å². The van der Waals surface area contributed by atoms with Gasteiger partial charge in [0.2, 0.25) is 0 Å². The standard InChI is InChI=1S/C37H41N2O3P.Os/c1-24(2)32-19-12-20-33(25(3)4)34(32)39-22-21-38-37(39)30-17-11-18-31(23-30)40-43(41-35-26(5)13-9-14-27(35)6)42-36-28(7)15-10-16-29(36)8;/h9-22,24-25,43H,1-8H3;/q;+1. The van der Waals surface area contributed by atoms with Gasteiger partial charge in [-0.25, -0.2) is 0 Å². The minimum atomic E-state index is -2.33. The Morgan fingerprint density at radius 3 is 1.64 bits per heavy atom. The van der Waals surface area contributed by atoms with E-state index in [1.165, 1.54) is 16.8 Å². The molecule has 0 saturated carbocycles. The average molecular weight is 783 g/mol. The number of hydrogen-bond acceptors (Lipinski definition) is 4. The van der Waals surface area contributed by atoms with Crippen LogP contribution in [0.2, 0.25) is 0 Å².